The van der Waals surface area contributed by atoms with Crippen LogP contribution >= 0.6 is 19.2 Å². The first-order valence-corrected chi connectivity index (χ1v) is 7.91. The Morgan fingerprint density at radius 3 is 2.00 bits per heavy atom. The van der Waals surface area contributed by atoms with Gasteiger partial charge in [0.25, 0.3) is 0 Å². The van der Waals surface area contributed by atoms with Gasteiger partial charge < -0.3 is 9.05 Å². The molecule has 0 saturated heterocycles. The van der Waals surface area contributed by atoms with E-state index in [-0.39, 0.29) is 19.1 Å². The van der Waals surface area contributed by atoms with Crippen LogP contribution in [0.5, 0.6) is 0 Å². The van der Waals surface area contributed by atoms with E-state index in [0.29, 0.717) is 5.56 Å². The number of hydrogen-bond acceptors (Lipinski definition) is 3. The zero-order valence-corrected chi connectivity index (χ0v) is 12.4. The summed E-state index contributed by atoms with van der Waals surface area (Å²) in [5.74, 6) is 0.223. The van der Waals surface area contributed by atoms with Crippen molar-refractivity contribution in [1.29, 1.82) is 0 Å². The van der Waals surface area contributed by atoms with E-state index in [9.17, 15) is 13.3 Å². The maximum absolute atomic E-state index is 14.3. The van der Waals surface area contributed by atoms with Crippen molar-refractivity contribution in [2.24, 2.45) is 0 Å². The van der Waals surface area contributed by atoms with Gasteiger partial charge in [-0.05, 0) is 19.4 Å². The molecule has 0 heterocycles. The van der Waals surface area contributed by atoms with Gasteiger partial charge in [0, 0.05) is 11.4 Å². The first-order chi connectivity index (χ1) is 8.91. The molecule has 7 heteroatoms. The van der Waals surface area contributed by atoms with Crippen LogP contribution in [0.4, 0.5) is 8.78 Å². The smallest absolute Gasteiger partial charge is 0.304 e. The van der Waals surface area contributed by atoms with Crippen LogP contribution in [0.2, 0.25) is 0 Å². The monoisotopic (exact) mass is 312 g/mol. The van der Waals surface area contributed by atoms with Crippen molar-refractivity contribution < 1.29 is 22.4 Å². The van der Waals surface area contributed by atoms with Crippen molar-refractivity contribution in [1.82, 2.24) is 0 Å². The SMILES string of the molecule is CCOP(=O)(OCC)C(F)(F)c1ccc(CCl)cc1. The lowest BCUT2D eigenvalue weighted by molar-refractivity contribution is 0.0360. The minimum atomic E-state index is -4.53. The van der Waals surface area contributed by atoms with Crippen LogP contribution in [0.3, 0.4) is 0 Å². The van der Waals surface area contributed by atoms with Crippen molar-refractivity contribution in [3.8, 4) is 0 Å². The van der Waals surface area contributed by atoms with Crippen molar-refractivity contribution in [2.45, 2.75) is 25.4 Å². The van der Waals surface area contributed by atoms with Gasteiger partial charge in [-0.2, -0.15) is 8.78 Å². The lowest BCUT2D eigenvalue weighted by Gasteiger charge is -2.26. The van der Waals surface area contributed by atoms with Crippen LogP contribution in [0.25, 0.3) is 0 Å². The van der Waals surface area contributed by atoms with Crippen molar-refractivity contribution >= 4 is 19.2 Å². The second kappa shape index (κ2) is 6.80. The highest BCUT2D eigenvalue weighted by Gasteiger charge is 2.54. The fourth-order valence-corrected chi connectivity index (χ4v) is 3.21. The number of alkyl halides is 3. The molecule has 0 unspecified atom stereocenters. The van der Waals surface area contributed by atoms with Crippen LogP contribution in [0.15, 0.2) is 24.3 Å². The highest BCUT2D eigenvalue weighted by molar-refractivity contribution is 7.54. The minimum Gasteiger partial charge on any atom is -0.304 e. The van der Waals surface area contributed by atoms with Crippen LogP contribution in [0, 0.1) is 0 Å². The van der Waals surface area contributed by atoms with Crippen LogP contribution < -0.4 is 0 Å². The molecule has 108 valence electrons. The Morgan fingerprint density at radius 2 is 1.63 bits per heavy atom. The van der Waals surface area contributed by atoms with E-state index < -0.39 is 18.8 Å². The largest absolute Gasteiger partial charge is 0.404 e. The van der Waals surface area contributed by atoms with E-state index in [4.69, 9.17) is 20.6 Å². The summed E-state index contributed by atoms with van der Waals surface area (Å²) in [5.41, 5.74) is -3.40. The predicted octanol–water partition coefficient (Wildman–Crippen LogP) is 4.74. The van der Waals surface area contributed by atoms with E-state index in [1.54, 1.807) is 0 Å². The van der Waals surface area contributed by atoms with Gasteiger partial charge in [0.1, 0.15) is 0 Å². The summed E-state index contributed by atoms with van der Waals surface area (Å²) in [6.45, 7) is 2.73. The minimum absolute atomic E-state index is 0.118. The lowest BCUT2D eigenvalue weighted by atomic mass is 10.1. The Bertz CT molecular complexity index is 441. The zero-order valence-electron chi connectivity index (χ0n) is 10.7. The van der Waals surface area contributed by atoms with E-state index in [1.807, 2.05) is 0 Å². The number of benzene rings is 1. The first-order valence-electron chi connectivity index (χ1n) is 5.83. The molecule has 1 aromatic rings. The fourth-order valence-electron chi connectivity index (χ4n) is 1.49. The third kappa shape index (κ3) is 3.54. The molecule has 1 aromatic carbocycles. The average molecular weight is 313 g/mol. The molecule has 0 radical (unpaired) electrons. The second-order valence-corrected chi connectivity index (χ2v) is 6.05. The lowest BCUT2D eigenvalue weighted by Crippen LogP contribution is -2.18. The maximum Gasteiger partial charge on any atom is 0.404 e. The van der Waals surface area contributed by atoms with Gasteiger partial charge >= 0.3 is 13.3 Å². The molecule has 0 aliphatic heterocycles. The highest BCUT2D eigenvalue weighted by Crippen LogP contribution is 2.66. The molecule has 0 fully saturated rings. The molecule has 0 amide bonds. The number of rotatable bonds is 7. The van der Waals surface area contributed by atoms with E-state index >= 15 is 0 Å². The molecule has 3 nitrogen and oxygen atoms in total. The van der Waals surface area contributed by atoms with E-state index in [0.717, 1.165) is 0 Å². The number of halogens is 3. The molecular formula is C12H16ClF2O3P. The quantitative estimate of drug-likeness (QED) is 0.539. The molecule has 0 aromatic heterocycles. The van der Waals surface area contributed by atoms with Gasteiger partial charge in [0.05, 0.1) is 13.2 Å². The molecule has 0 aliphatic rings. The standard InChI is InChI=1S/C12H16ClF2O3P/c1-3-17-19(16,18-4-2)12(14,15)11-7-5-10(9-13)6-8-11/h5-8H,3-4,9H2,1-2H3. The Balaban J connectivity index is 3.14. The van der Waals surface area contributed by atoms with Crippen LogP contribution in [0.1, 0.15) is 25.0 Å². The molecule has 0 N–H and O–H groups in total. The van der Waals surface area contributed by atoms with Gasteiger partial charge in [0.15, 0.2) is 0 Å². The summed E-state index contributed by atoms with van der Waals surface area (Å²) in [6, 6.07) is 5.28. The van der Waals surface area contributed by atoms with Crippen LogP contribution in [-0.2, 0) is 25.2 Å². The topological polar surface area (TPSA) is 35.5 Å². The normalized spacial score (nSPS) is 12.7. The summed E-state index contributed by atoms with van der Waals surface area (Å²) in [4.78, 5) is 0. The molecule has 0 atom stereocenters. The third-order valence-corrected chi connectivity index (χ3v) is 4.85. The molecule has 0 aliphatic carbocycles. The van der Waals surface area contributed by atoms with Gasteiger partial charge in [-0.15, -0.1) is 11.6 Å². The zero-order chi connectivity index (χ0) is 14.5. The highest BCUT2D eigenvalue weighted by atomic mass is 35.5. The summed E-state index contributed by atoms with van der Waals surface area (Å²) in [7, 11) is -4.53. The Kier molecular flexibility index (Phi) is 5.93. The van der Waals surface area contributed by atoms with Gasteiger partial charge in [-0.3, -0.25) is 4.57 Å². The molecule has 0 bridgehead atoms. The summed E-state index contributed by atoms with van der Waals surface area (Å²) >= 11 is 5.59. The summed E-state index contributed by atoms with van der Waals surface area (Å²) in [5, 5.41) is 0. The third-order valence-electron chi connectivity index (χ3n) is 2.40. The van der Waals surface area contributed by atoms with Crippen molar-refractivity contribution in [2.75, 3.05) is 13.2 Å². The predicted molar refractivity (Wildman–Crippen MR) is 70.8 cm³/mol. The molecule has 19 heavy (non-hydrogen) atoms. The average Bonchev–Trinajstić information content (AvgIpc) is 2.39. The molecule has 0 spiro atoms. The molecule has 0 saturated carbocycles. The fraction of sp³-hybridized carbons (Fsp3) is 0.500. The summed E-state index contributed by atoms with van der Waals surface area (Å²) in [6.07, 6.45) is 0. The van der Waals surface area contributed by atoms with Gasteiger partial charge in [0.2, 0.25) is 0 Å². The Morgan fingerprint density at radius 1 is 1.16 bits per heavy atom. The second-order valence-electron chi connectivity index (χ2n) is 3.70. The molecule has 1 rings (SSSR count). The Hall–Kier alpha value is -0.480. The van der Waals surface area contributed by atoms with Crippen molar-refractivity contribution in [3.63, 3.8) is 0 Å². The van der Waals surface area contributed by atoms with Crippen LogP contribution in [-0.4, -0.2) is 13.2 Å². The first kappa shape index (κ1) is 16.6. The number of hydrogen-bond donors (Lipinski definition) is 0. The van der Waals surface area contributed by atoms with E-state index in [1.165, 1.54) is 38.1 Å². The maximum atomic E-state index is 14.3. The van der Waals surface area contributed by atoms with Gasteiger partial charge in [-0.1, -0.05) is 24.3 Å². The Labute approximate surface area is 116 Å². The summed E-state index contributed by atoms with van der Waals surface area (Å²) < 4.78 is 50.1. The van der Waals surface area contributed by atoms with Crippen molar-refractivity contribution in [3.05, 3.63) is 35.4 Å². The van der Waals surface area contributed by atoms with Gasteiger partial charge in [-0.25, -0.2) is 0 Å². The molecular weight excluding hydrogens is 297 g/mol. The van der Waals surface area contributed by atoms with E-state index in [2.05, 4.69) is 0 Å².